The number of halogens is 1. The number of amides is 1. The van der Waals surface area contributed by atoms with Gasteiger partial charge in [0.15, 0.2) is 0 Å². The van der Waals surface area contributed by atoms with E-state index < -0.39 is 0 Å². The third-order valence-electron chi connectivity index (χ3n) is 3.69. The van der Waals surface area contributed by atoms with Gasteiger partial charge in [-0.3, -0.25) is 10.1 Å². The van der Waals surface area contributed by atoms with Crippen LogP contribution in [0.4, 0.5) is 0 Å². The summed E-state index contributed by atoms with van der Waals surface area (Å²) in [5, 5.41) is 4.05. The molecule has 0 saturated heterocycles. The number of carbonyl (C=O) groups excluding carboxylic acids is 1. The Morgan fingerprint density at radius 1 is 1.56 bits per heavy atom. The molecule has 0 spiro atoms. The normalized spacial score (nSPS) is 22.6. The molecule has 0 heterocycles. The van der Waals surface area contributed by atoms with Crippen LogP contribution in [-0.2, 0) is 11.2 Å². The molecule has 1 aromatic rings. The fourth-order valence-corrected chi connectivity index (χ4v) is 2.84. The van der Waals surface area contributed by atoms with Crippen molar-refractivity contribution in [2.45, 2.75) is 39.3 Å². The summed E-state index contributed by atoms with van der Waals surface area (Å²) in [6.45, 7) is 6.17. The molecular formula is C14H19ClN2O. The number of hydrogen-bond acceptors (Lipinski definition) is 2. The standard InChI is InChI=1S/C14H19ClN2O/c1-8(13(16)18)17-12-11-6-10(15)5-4-9(11)7-14(12,2)3/h4-6,8,12,17H,7H2,1-3H3,(H2,16,18). The highest BCUT2D eigenvalue weighted by atomic mass is 35.5. The molecule has 1 aromatic carbocycles. The number of nitrogens with two attached hydrogens (primary N) is 1. The molecule has 0 aliphatic heterocycles. The zero-order chi connectivity index (χ0) is 13.5. The largest absolute Gasteiger partial charge is 0.368 e. The first-order chi connectivity index (χ1) is 8.31. The van der Waals surface area contributed by atoms with Crippen LogP contribution >= 0.6 is 11.6 Å². The summed E-state index contributed by atoms with van der Waals surface area (Å²) in [6.07, 6.45) is 0.975. The highest BCUT2D eigenvalue weighted by Crippen LogP contribution is 2.46. The molecule has 98 valence electrons. The summed E-state index contributed by atoms with van der Waals surface area (Å²) < 4.78 is 0. The molecule has 1 aliphatic rings. The van der Waals surface area contributed by atoms with E-state index in [4.69, 9.17) is 17.3 Å². The van der Waals surface area contributed by atoms with E-state index in [2.05, 4.69) is 25.2 Å². The van der Waals surface area contributed by atoms with Gasteiger partial charge in [-0.1, -0.05) is 31.5 Å². The Bertz CT molecular complexity index is 485. The number of fused-ring (bicyclic) bond motifs is 1. The number of nitrogens with one attached hydrogen (secondary N) is 1. The van der Waals surface area contributed by atoms with Crippen molar-refractivity contribution < 1.29 is 4.79 Å². The monoisotopic (exact) mass is 266 g/mol. The van der Waals surface area contributed by atoms with E-state index in [1.807, 2.05) is 12.1 Å². The number of primary amides is 1. The Kier molecular flexibility index (Phi) is 3.39. The Labute approximate surface area is 113 Å². The predicted octanol–water partition coefficient (Wildman–Crippen LogP) is 2.43. The molecule has 2 atom stereocenters. The van der Waals surface area contributed by atoms with Crippen molar-refractivity contribution in [1.82, 2.24) is 5.32 Å². The second-order valence-corrected chi connectivity index (χ2v) is 6.17. The number of benzene rings is 1. The minimum absolute atomic E-state index is 0.0523. The molecule has 4 heteroatoms. The number of carbonyl (C=O) groups is 1. The van der Waals surface area contributed by atoms with Crippen LogP contribution in [0.5, 0.6) is 0 Å². The topological polar surface area (TPSA) is 55.1 Å². The van der Waals surface area contributed by atoms with Crippen LogP contribution in [0.3, 0.4) is 0 Å². The van der Waals surface area contributed by atoms with E-state index in [0.29, 0.717) is 0 Å². The Balaban J connectivity index is 2.34. The first-order valence-electron chi connectivity index (χ1n) is 6.15. The Morgan fingerprint density at radius 3 is 2.83 bits per heavy atom. The van der Waals surface area contributed by atoms with E-state index in [1.54, 1.807) is 6.92 Å². The van der Waals surface area contributed by atoms with Gasteiger partial charge in [-0.2, -0.15) is 0 Å². The van der Waals surface area contributed by atoms with Crippen LogP contribution in [-0.4, -0.2) is 11.9 Å². The number of hydrogen-bond donors (Lipinski definition) is 2. The summed E-state index contributed by atoms with van der Waals surface area (Å²) in [6, 6.07) is 5.72. The van der Waals surface area contributed by atoms with Crippen LogP contribution in [0.15, 0.2) is 18.2 Å². The molecule has 1 aliphatic carbocycles. The predicted molar refractivity (Wildman–Crippen MR) is 73.5 cm³/mol. The van der Waals surface area contributed by atoms with E-state index in [1.165, 1.54) is 11.1 Å². The average molecular weight is 267 g/mol. The second kappa shape index (κ2) is 4.56. The molecule has 2 rings (SSSR count). The van der Waals surface area contributed by atoms with Gasteiger partial charge in [0.2, 0.25) is 5.91 Å². The van der Waals surface area contributed by atoms with Crippen molar-refractivity contribution in [2.75, 3.05) is 0 Å². The van der Waals surface area contributed by atoms with Crippen LogP contribution in [0.2, 0.25) is 5.02 Å². The zero-order valence-corrected chi connectivity index (χ0v) is 11.7. The van der Waals surface area contributed by atoms with Crippen LogP contribution < -0.4 is 11.1 Å². The number of rotatable bonds is 3. The van der Waals surface area contributed by atoms with Crippen molar-refractivity contribution in [3.8, 4) is 0 Å². The van der Waals surface area contributed by atoms with Crippen molar-refractivity contribution in [1.29, 1.82) is 0 Å². The Hall–Kier alpha value is -1.06. The van der Waals surface area contributed by atoms with E-state index in [0.717, 1.165) is 11.4 Å². The van der Waals surface area contributed by atoms with E-state index in [9.17, 15) is 4.79 Å². The zero-order valence-electron chi connectivity index (χ0n) is 11.0. The van der Waals surface area contributed by atoms with Gasteiger partial charge in [0, 0.05) is 11.1 Å². The fraction of sp³-hybridized carbons (Fsp3) is 0.500. The van der Waals surface area contributed by atoms with Crippen molar-refractivity contribution in [2.24, 2.45) is 11.1 Å². The molecule has 0 saturated carbocycles. The molecule has 2 unspecified atom stereocenters. The third kappa shape index (κ3) is 2.38. The highest BCUT2D eigenvalue weighted by Gasteiger charge is 2.39. The van der Waals surface area contributed by atoms with Gasteiger partial charge in [-0.15, -0.1) is 0 Å². The lowest BCUT2D eigenvalue weighted by atomic mass is 9.85. The Morgan fingerprint density at radius 2 is 2.22 bits per heavy atom. The molecular weight excluding hydrogens is 248 g/mol. The maximum Gasteiger partial charge on any atom is 0.234 e. The van der Waals surface area contributed by atoms with E-state index in [-0.39, 0.29) is 23.4 Å². The molecule has 3 nitrogen and oxygen atoms in total. The lowest BCUT2D eigenvalue weighted by Crippen LogP contribution is -2.44. The van der Waals surface area contributed by atoms with Gasteiger partial charge in [-0.05, 0) is 42.0 Å². The first kappa shape index (κ1) is 13.4. The minimum atomic E-state index is -0.348. The van der Waals surface area contributed by atoms with Gasteiger partial charge in [0.1, 0.15) is 0 Å². The van der Waals surface area contributed by atoms with E-state index >= 15 is 0 Å². The van der Waals surface area contributed by atoms with Gasteiger partial charge >= 0.3 is 0 Å². The summed E-state index contributed by atoms with van der Waals surface area (Å²) in [7, 11) is 0. The maximum absolute atomic E-state index is 11.2. The summed E-state index contributed by atoms with van der Waals surface area (Å²) in [5.74, 6) is -0.332. The van der Waals surface area contributed by atoms with Crippen molar-refractivity contribution in [3.05, 3.63) is 34.3 Å². The minimum Gasteiger partial charge on any atom is -0.368 e. The quantitative estimate of drug-likeness (QED) is 0.883. The van der Waals surface area contributed by atoms with Gasteiger partial charge in [-0.25, -0.2) is 0 Å². The van der Waals surface area contributed by atoms with Crippen LogP contribution in [0.25, 0.3) is 0 Å². The highest BCUT2D eigenvalue weighted by molar-refractivity contribution is 6.30. The molecule has 0 fully saturated rings. The van der Waals surface area contributed by atoms with Crippen molar-refractivity contribution in [3.63, 3.8) is 0 Å². The van der Waals surface area contributed by atoms with Crippen LogP contribution in [0.1, 0.15) is 37.9 Å². The lowest BCUT2D eigenvalue weighted by Gasteiger charge is -2.30. The molecule has 18 heavy (non-hydrogen) atoms. The molecule has 1 amide bonds. The third-order valence-corrected chi connectivity index (χ3v) is 3.93. The smallest absolute Gasteiger partial charge is 0.234 e. The first-order valence-corrected chi connectivity index (χ1v) is 6.53. The average Bonchev–Trinajstić information content (AvgIpc) is 2.50. The fourth-order valence-electron chi connectivity index (χ4n) is 2.66. The summed E-state index contributed by atoms with van der Waals surface area (Å²) >= 11 is 6.06. The second-order valence-electron chi connectivity index (χ2n) is 5.73. The molecule has 0 bridgehead atoms. The molecule has 3 N–H and O–H groups in total. The van der Waals surface area contributed by atoms with Gasteiger partial charge in [0.25, 0.3) is 0 Å². The molecule has 0 aromatic heterocycles. The molecule has 0 radical (unpaired) electrons. The van der Waals surface area contributed by atoms with Crippen LogP contribution in [0, 0.1) is 5.41 Å². The SMILES string of the molecule is CC(NC1c2cc(Cl)ccc2CC1(C)C)C(N)=O. The summed E-state index contributed by atoms with van der Waals surface area (Å²) in [4.78, 5) is 11.2. The van der Waals surface area contributed by atoms with Gasteiger partial charge in [0.05, 0.1) is 6.04 Å². The summed E-state index contributed by atoms with van der Waals surface area (Å²) in [5.41, 5.74) is 7.85. The van der Waals surface area contributed by atoms with Gasteiger partial charge < -0.3 is 5.73 Å². The van der Waals surface area contributed by atoms with Crippen molar-refractivity contribution >= 4 is 17.5 Å². The maximum atomic E-state index is 11.2. The lowest BCUT2D eigenvalue weighted by molar-refractivity contribution is -0.120.